The molecule has 0 aromatic heterocycles. The molecule has 0 aliphatic heterocycles. The van der Waals surface area contributed by atoms with E-state index in [1.165, 1.54) is 6.92 Å². The summed E-state index contributed by atoms with van der Waals surface area (Å²) in [6, 6.07) is 4.27. The molecule has 94 valence electrons. The van der Waals surface area contributed by atoms with Crippen LogP contribution in [0.3, 0.4) is 0 Å². The fourth-order valence-electron chi connectivity index (χ4n) is 1.02. The fraction of sp³-hybridized carbons (Fsp3) is 0.300. The molecule has 1 aromatic rings. The van der Waals surface area contributed by atoms with E-state index in [0.717, 1.165) is 24.3 Å². The largest absolute Gasteiger partial charge is 0.481 e. The lowest BCUT2D eigenvalue weighted by Crippen LogP contribution is -2.31. The molecule has 1 unspecified atom stereocenters. The summed E-state index contributed by atoms with van der Waals surface area (Å²) in [6.07, 6.45) is 0. The number of carboxylic acids is 1. The monoisotopic (exact) mass is 261 g/mol. The Bertz CT molecular complexity index is 498. The summed E-state index contributed by atoms with van der Waals surface area (Å²) in [4.78, 5) is 10.4. The molecule has 0 fully saturated rings. The van der Waals surface area contributed by atoms with Crippen LogP contribution >= 0.6 is 0 Å². The molecule has 1 rings (SSSR count). The van der Waals surface area contributed by atoms with E-state index in [-0.39, 0.29) is 11.4 Å². The van der Waals surface area contributed by atoms with E-state index in [0.29, 0.717) is 0 Å². The zero-order valence-corrected chi connectivity index (χ0v) is 9.87. The third-order valence-electron chi connectivity index (χ3n) is 2.13. The first-order valence-electron chi connectivity index (χ1n) is 4.81. The molecule has 0 amide bonds. The van der Waals surface area contributed by atoms with E-state index < -0.39 is 27.7 Å². The van der Waals surface area contributed by atoms with Crippen molar-refractivity contribution in [3.8, 4) is 0 Å². The smallest absolute Gasteiger partial charge is 0.307 e. The lowest BCUT2D eigenvalue weighted by atomic mass is 10.2. The first-order valence-corrected chi connectivity index (χ1v) is 6.29. The molecule has 7 heteroatoms. The number of sulfonamides is 1. The number of aliphatic carboxylic acids is 1. The molecule has 2 N–H and O–H groups in total. The molecular weight excluding hydrogens is 249 g/mol. The molecular formula is C10H12FNO4S. The highest BCUT2D eigenvalue weighted by Gasteiger charge is 2.17. The van der Waals surface area contributed by atoms with Crippen LogP contribution in [-0.4, -0.2) is 26.0 Å². The van der Waals surface area contributed by atoms with Crippen molar-refractivity contribution in [2.75, 3.05) is 6.54 Å². The van der Waals surface area contributed by atoms with Crippen LogP contribution in [0, 0.1) is 11.7 Å². The topological polar surface area (TPSA) is 83.5 Å². The molecule has 0 heterocycles. The van der Waals surface area contributed by atoms with Gasteiger partial charge in [0.1, 0.15) is 5.82 Å². The second-order valence-corrected chi connectivity index (χ2v) is 5.31. The molecule has 5 nitrogen and oxygen atoms in total. The fourth-order valence-corrected chi connectivity index (χ4v) is 2.15. The minimum absolute atomic E-state index is 0.100. The Morgan fingerprint density at radius 3 is 2.41 bits per heavy atom. The van der Waals surface area contributed by atoms with Crippen molar-refractivity contribution in [3.63, 3.8) is 0 Å². The highest BCUT2D eigenvalue weighted by molar-refractivity contribution is 7.89. The Labute approximate surface area is 98.3 Å². The number of hydrogen-bond donors (Lipinski definition) is 2. The predicted molar refractivity (Wildman–Crippen MR) is 58.4 cm³/mol. The van der Waals surface area contributed by atoms with Crippen LogP contribution in [-0.2, 0) is 14.8 Å². The number of rotatable bonds is 5. The van der Waals surface area contributed by atoms with Crippen LogP contribution in [0.2, 0.25) is 0 Å². The Morgan fingerprint density at radius 1 is 1.41 bits per heavy atom. The second-order valence-electron chi connectivity index (χ2n) is 3.55. The zero-order chi connectivity index (χ0) is 13.1. The Kier molecular flexibility index (Phi) is 4.19. The maximum Gasteiger partial charge on any atom is 0.307 e. The maximum atomic E-state index is 12.6. The second kappa shape index (κ2) is 5.24. The molecule has 0 aliphatic carbocycles. The third kappa shape index (κ3) is 3.79. The van der Waals surface area contributed by atoms with Crippen LogP contribution < -0.4 is 4.72 Å². The van der Waals surface area contributed by atoms with Crippen molar-refractivity contribution in [1.82, 2.24) is 4.72 Å². The summed E-state index contributed by atoms with van der Waals surface area (Å²) < 4.78 is 38.0. The number of carboxylic acid groups (broad SMARTS) is 1. The van der Waals surface area contributed by atoms with Gasteiger partial charge in [-0.1, -0.05) is 6.92 Å². The van der Waals surface area contributed by atoms with Gasteiger partial charge in [-0.15, -0.1) is 0 Å². The molecule has 1 atom stereocenters. The van der Waals surface area contributed by atoms with Gasteiger partial charge >= 0.3 is 5.97 Å². The van der Waals surface area contributed by atoms with Crippen molar-refractivity contribution in [2.24, 2.45) is 5.92 Å². The molecule has 1 aromatic carbocycles. The number of carbonyl (C=O) groups is 1. The van der Waals surface area contributed by atoms with Crippen LogP contribution in [0.1, 0.15) is 6.92 Å². The normalized spacial score (nSPS) is 13.3. The van der Waals surface area contributed by atoms with Crippen molar-refractivity contribution in [3.05, 3.63) is 30.1 Å². The highest BCUT2D eigenvalue weighted by Crippen LogP contribution is 2.09. The lowest BCUT2D eigenvalue weighted by Gasteiger charge is -2.09. The van der Waals surface area contributed by atoms with Gasteiger partial charge in [-0.25, -0.2) is 17.5 Å². The van der Waals surface area contributed by atoms with Crippen LogP contribution in [0.4, 0.5) is 4.39 Å². The van der Waals surface area contributed by atoms with E-state index >= 15 is 0 Å². The SMILES string of the molecule is CC(CNS(=O)(=O)c1ccc(F)cc1)C(=O)O. The van der Waals surface area contributed by atoms with Gasteiger partial charge in [0.2, 0.25) is 10.0 Å². The van der Waals surface area contributed by atoms with Gasteiger partial charge in [-0.3, -0.25) is 4.79 Å². The summed E-state index contributed by atoms with van der Waals surface area (Å²) in [5, 5.41) is 8.60. The van der Waals surface area contributed by atoms with E-state index in [9.17, 15) is 17.6 Å². The van der Waals surface area contributed by atoms with Crippen LogP contribution in [0.15, 0.2) is 29.2 Å². The first-order chi connectivity index (χ1) is 7.83. The van der Waals surface area contributed by atoms with Gasteiger partial charge in [-0.2, -0.15) is 0 Å². The van der Waals surface area contributed by atoms with Crippen molar-refractivity contribution in [2.45, 2.75) is 11.8 Å². The standard InChI is InChI=1S/C10H12FNO4S/c1-7(10(13)14)6-12-17(15,16)9-4-2-8(11)3-5-9/h2-5,7,12H,6H2,1H3,(H,13,14). The van der Waals surface area contributed by atoms with Gasteiger partial charge in [-0.05, 0) is 24.3 Å². The van der Waals surface area contributed by atoms with Gasteiger partial charge in [0.05, 0.1) is 10.8 Å². The number of nitrogens with one attached hydrogen (secondary N) is 1. The minimum Gasteiger partial charge on any atom is -0.481 e. The summed E-state index contributed by atoms with van der Waals surface area (Å²) in [7, 11) is -3.79. The van der Waals surface area contributed by atoms with E-state index in [1.54, 1.807) is 0 Å². The molecule has 0 aliphatic rings. The van der Waals surface area contributed by atoms with Crippen LogP contribution in [0.5, 0.6) is 0 Å². The average Bonchev–Trinajstić information content (AvgIpc) is 2.26. The van der Waals surface area contributed by atoms with E-state index in [2.05, 4.69) is 4.72 Å². The van der Waals surface area contributed by atoms with Crippen molar-refractivity contribution in [1.29, 1.82) is 0 Å². The average molecular weight is 261 g/mol. The molecule has 0 bridgehead atoms. The summed E-state index contributed by atoms with van der Waals surface area (Å²) >= 11 is 0. The Balaban J connectivity index is 2.76. The van der Waals surface area contributed by atoms with E-state index in [1.807, 2.05) is 0 Å². The molecule has 0 saturated heterocycles. The van der Waals surface area contributed by atoms with Gasteiger partial charge in [0.15, 0.2) is 0 Å². The Hall–Kier alpha value is -1.47. The summed E-state index contributed by atoms with van der Waals surface area (Å²) in [6.45, 7) is 1.17. The Morgan fingerprint density at radius 2 is 1.94 bits per heavy atom. The summed E-state index contributed by atoms with van der Waals surface area (Å²) in [5.74, 6) is -2.46. The third-order valence-corrected chi connectivity index (χ3v) is 3.56. The highest BCUT2D eigenvalue weighted by atomic mass is 32.2. The van der Waals surface area contributed by atoms with E-state index in [4.69, 9.17) is 5.11 Å². The first kappa shape index (κ1) is 13.6. The number of hydrogen-bond acceptors (Lipinski definition) is 3. The molecule has 0 saturated carbocycles. The molecule has 0 radical (unpaired) electrons. The zero-order valence-electron chi connectivity index (χ0n) is 9.05. The van der Waals surface area contributed by atoms with Crippen molar-refractivity contribution >= 4 is 16.0 Å². The predicted octanol–water partition coefficient (Wildman–Crippen LogP) is 0.825. The quantitative estimate of drug-likeness (QED) is 0.822. The minimum atomic E-state index is -3.79. The molecule has 0 spiro atoms. The lowest BCUT2D eigenvalue weighted by molar-refractivity contribution is -0.140. The van der Waals surface area contributed by atoms with Gasteiger partial charge in [0, 0.05) is 6.54 Å². The van der Waals surface area contributed by atoms with Crippen LogP contribution in [0.25, 0.3) is 0 Å². The number of halogens is 1. The molecule has 17 heavy (non-hydrogen) atoms. The van der Waals surface area contributed by atoms with Gasteiger partial charge in [0.25, 0.3) is 0 Å². The maximum absolute atomic E-state index is 12.6. The summed E-state index contributed by atoms with van der Waals surface area (Å²) in [5.41, 5.74) is 0. The van der Waals surface area contributed by atoms with Crippen molar-refractivity contribution < 1.29 is 22.7 Å². The van der Waals surface area contributed by atoms with Gasteiger partial charge < -0.3 is 5.11 Å². The number of benzene rings is 1.